The molecule has 1 atom stereocenters. The van der Waals surface area contributed by atoms with Crippen LogP contribution < -0.4 is 5.32 Å². The fourth-order valence-electron chi connectivity index (χ4n) is 1.67. The minimum Gasteiger partial charge on any atom is -0.333 e. The number of anilines is 1. The van der Waals surface area contributed by atoms with E-state index in [0.717, 1.165) is 29.0 Å². The van der Waals surface area contributed by atoms with Crippen molar-refractivity contribution in [3.05, 3.63) is 28.5 Å². The van der Waals surface area contributed by atoms with Gasteiger partial charge in [0.2, 0.25) is 0 Å². The number of benzene rings is 1. The number of hydrogen-bond acceptors (Lipinski definition) is 3. The number of rotatable bonds is 3. The number of amidine groups is 1. The summed E-state index contributed by atoms with van der Waals surface area (Å²) >= 11 is 5.03. The summed E-state index contributed by atoms with van der Waals surface area (Å²) in [6, 6.07) is 4.85. The average molecular weight is 317 g/mol. The maximum Gasteiger partial charge on any atom is 0.161 e. The van der Waals surface area contributed by atoms with Gasteiger partial charge in [0.15, 0.2) is 5.17 Å². The third-order valence-corrected chi connectivity index (χ3v) is 4.16. The molecule has 1 aliphatic rings. The topological polar surface area (TPSA) is 24.4 Å². The minimum absolute atomic E-state index is 0.254. The molecule has 2 rings (SSSR count). The van der Waals surface area contributed by atoms with Gasteiger partial charge in [-0.15, -0.1) is 0 Å². The highest BCUT2D eigenvalue weighted by Crippen LogP contribution is 2.27. The summed E-state index contributed by atoms with van der Waals surface area (Å²) in [4.78, 5) is 4.39. The molecule has 92 valence electrons. The van der Waals surface area contributed by atoms with Crippen LogP contribution in [0.25, 0.3) is 0 Å². The van der Waals surface area contributed by atoms with Crippen LogP contribution in [0, 0.1) is 5.82 Å². The highest BCUT2D eigenvalue weighted by atomic mass is 79.9. The van der Waals surface area contributed by atoms with E-state index in [1.54, 1.807) is 23.9 Å². The van der Waals surface area contributed by atoms with Crippen LogP contribution >= 0.6 is 27.7 Å². The molecule has 1 heterocycles. The summed E-state index contributed by atoms with van der Waals surface area (Å²) in [6.07, 6.45) is 2.31. The highest BCUT2D eigenvalue weighted by molar-refractivity contribution is 9.10. The van der Waals surface area contributed by atoms with E-state index in [1.807, 2.05) is 0 Å². The number of halogens is 2. The molecule has 1 N–H and O–H groups in total. The molecular weight excluding hydrogens is 303 g/mol. The number of nitrogens with one attached hydrogen (secondary N) is 1. The minimum atomic E-state index is -0.254. The van der Waals surface area contributed by atoms with Gasteiger partial charge < -0.3 is 5.32 Å². The van der Waals surface area contributed by atoms with E-state index < -0.39 is 0 Å². The molecular formula is C12H14BrFN2S. The second-order valence-electron chi connectivity index (χ2n) is 3.92. The third kappa shape index (κ3) is 3.45. The van der Waals surface area contributed by atoms with Crippen molar-refractivity contribution >= 4 is 38.5 Å². The second-order valence-corrected chi connectivity index (χ2v) is 6.13. The Morgan fingerprint density at radius 2 is 2.41 bits per heavy atom. The molecule has 0 fully saturated rings. The molecule has 0 radical (unpaired) electrons. The van der Waals surface area contributed by atoms with Crippen LogP contribution in [0.3, 0.4) is 0 Å². The van der Waals surface area contributed by atoms with E-state index >= 15 is 0 Å². The molecule has 1 aromatic rings. The molecule has 0 saturated heterocycles. The summed E-state index contributed by atoms with van der Waals surface area (Å²) in [7, 11) is 0. The molecule has 0 bridgehead atoms. The lowest BCUT2D eigenvalue weighted by molar-refractivity contribution is 0.632. The summed E-state index contributed by atoms with van der Waals surface area (Å²) in [5, 5.41) is 4.41. The maximum atomic E-state index is 13.5. The molecule has 17 heavy (non-hydrogen) atoms. The molecule has 0 spiro atoms. The van der Waals surface area contributed by atoms with Gasteiger partial charge in [0.05, 0.1) is 12.2 Å². The quantitative estimate of drug-likeness (QED) is 0.900. The van der Waals surface area contributed by atoms with E-state index in [2.05, 4.69) is 33.2 Å². The number of hydrogen-bond donors (Lipinski definition) is 1. The van der Waals surface area contributed by atoms with E-state index in [1.165, 1.54) is 6.07 Å². The second kappa shape index (κ2) is 5.87. The van der Waals surface area contributed by atoms with Gasteiger partial charge in [-0.2, -0.15) is 0 Å². The fourth-order valence-corrected chi connectivity index (χ4v) is 3.16. The predicted molar refractivity (Wildman–Crippen MR) is 76.3 cm³/mol. The summed E-state index contributed by atoms with van der Waals surface area (Å²) < 4.78 is 14.4. The first-order valence-electron chi connectivity index (χ1n) is 5.62. The van der Waals surface area contributed by atoms with Gasteiger partial charge >= 0.3 is 0 Å². The molecule has 2 nitrogen and oxygen atoms in total. The third-order valence-electron chi connectivity index (χ3n) is 2.50. The van der Waals surface area contributed by atoms with Crippen molar-refractivity contribution in [1.82, 2.24) is 0 Å². The van der Waals surface area contributed by atoms with Crippen molar-refractivity contribution < 1.29 is 4.39 Å². The lowest BCUT2D eigenvalue weighted by Gasteiger charge is -2.09. The largest absolute Gasteiger partial charge is 0.333 e. The Bertz CT molecular complexity index is 437. The zero-order chi connectivity index (χ0) is 12.3. The van der Waals surface area contributed by atoms with Crippen LogP contribution in [-0.2, 0) is 0 Å². The Balaban J connectivity index is 2.00. The first-order valence-corrected chi connectivity index (χ1v) is 7.29. The molecule has 5 heteroatoms. The molecule has 0 aromatic heterocycles. The molecule has 1 unspecified atom stereocenters. The van der Waals surface area contributed by atoms with Gasteiger partial charge in [-0.25, -0.2) is 4.39 Å². The van der Waals surface area contributed by atoms with Gasteiger partial charge in [0.1, 0.15) is 5.82 Å². The van der Waals surface area contributed by atoms with Gasteiger partial charge in [0, 0.05) is 9.72 Å². The van der Waals surface area contributed by atoms with Crippen LogP contribution in [0.1, 0.15) is 19.8 Å². The predicted octanol–water partition coefficient (Wildman–Crippen LogP) is 4.27. The Hall–Kier alpha value is -0.550. The lowest BCUT2D eigenvalue weighted by Crippen LogP contribution is -2.08. The number of nitrogens with zero attached hydrogens (tertiary/aromatic N) is 1. The van der Waals surface area contributed by atoms with E-state index in [9.17, 15) is 4.39 Å². The number of aliphatic imine (C=N–C) groups is 1. The van der Waals surface area contributed by atoms with Crippen molar-refractivity contribution in [2.45, 2.75) is 25.0 Å². The van der Waals surface area contributed by atoms with Crippen molar-refractivity contribution in [2.75, 3.05) is 11.9 Å². The van der Waals surface area contributed by atoms with Crippen LogP contribution in [0.15, 0.2) is 27.7 Å². The fraction of sp³-hybridized carbons (Fsp3) is 0.417. The van der Waals surface area contributed by atoms with Crippen molar-refractivity contribution in [2.24, 2.45) is 4.99 Å². The maximum absolute atomic E-state index is 13.5. The first kappa shape index (κ1) is 12.9. The summed E-state index contributed by atoms with van der Waals surface area (Å²) in [5.41, 5.74) is 0.475. The standard InChI is InChI=1S/C12H14BrFN2S/c1-2-3-9-7-15-12(17-9)16-11-6-8(13)4-5-10(11)14/h4-6,9H,2-3,7H2,1H3,(H,15,16). The summed E-state index contributed by atoms with van der Waals surface area (Å²) in [6.45, 7) is 3.00. The van der Waals surface area contributed by atoms with E-state index in [4.69, 9.17) is 0 Å². The van der Waals surface area contributed by atoms with Crippen molar-refractivity contribution in [3.8, 4) is 0 Å². The first-order chi connectivity index (χ1) is 8.19. The average Bonchev–Trinajstić information content (AvgIpc) is 2.72. The van der Waals surface area contributed by atoms with Gasteiger partial charge in [-0.1, -0.05) is 41.0 Å². The van der Waals surface area contributed by atoms with Crippen LogP contribution in [0.5, 0.6) is 0 Å². The van der Waals surface area contributed by atoms with Gasteiger partial charge in [-0.3, -0.25) is 4.99 Å². The Labute approximate surface area is 113 Å². The zero-order valence-electron chi connectivity index (χ0n) is 9.54. The normalized spacial score (nSPS) is 19.2. The number of thioether (sulfide) groups is 1. The summed E-state index contributed by atoms with van der Waals surface area (Å²) in [5.74, 6) is -0.254. The van der Waals surface area contributed by atoms with Crippen molar-refractivity contribution in [1.29, 1.82) is 0 Å². The smallest absolute Gasteiger partial charge is 0.161 e. The van der Waals surface area contributed by atoms with Gasteiger partial charge in [0.25, 0.3) is 0 Å². The molecule has 0 amide bonds. The Kier molecular flexibility index (Phi) is 4.45. The van der Waals surface area contributed by atoms with Crippen LogP contribution in [-0.4, -0.2) is 17.0 Å². The highest BCUT2D eigenvalue weighted by Gasteiger charge is 2.19. The molecule has 1 aromatic carbocycles. The van der Waals surface area contributed by atoms with Crippen LogP contribution in [0.4, 0.5) is 10.1 Å². The molecule has 0 saturated carbocycles. The monoisotopic (exact) mass is 316 g/mol. The Morgan fingerprint density at radius 3 is 3.18 bits per heavy atom. The van der Waals surface area contributed by atoms with E-state index in [-0.39, 0.29) is 5.82 Å². The van der Waals surface area contributed by atoms with Crippen LogP contribution in [0.2, 0.25) is 0 Å². The zero-order valence-corrected chi connectivity index (χ0v) is 11.9. The van der Waals surface area contributed by atoms with Crippen molar-refractivity contribution in [3.63, 3.8) is 0 Å². The van der Waals surface area contributed by atoms with Gasteiger partial charge in [-0.05, 0) is 24.6 Å². The Morgan fingerprint density at radius 1 is 1.59 bits per heavy atom. The van der Waals surface area contributed by atoms with E-state index in [0.29, 0.717) is 10.9 Å². The molecule has 0 aliphatic carbocycles. The lowest BCUT2D eigenvalue weighted by atomic mass is 10.2. The SMILES string of the molecule is CCCC1CN=C(Nc2cc(Br)ccc2F)S1. The molecule has 1 aliphatic heterocycles.